The molecule has 0 aliphatic carbocycles. The van der Waals surface area contributed by atoms with E-state index >= 15 is 0 Å². The van der Waals surface area contributed by atoms with E-state index in [1.54, 1.807) is 12.3 Å². The summed E-state index contributed by atoms with van der Waals surface area (Å²) < 4.78 is 1.73. The third-order valence-electron chi connectivity index (χ3n) is 1.20. The summed E-state index contributed by atoms with van der Waals surface area (Å²) in [4.78, 5) is 14.9. The van der Waals surface area contributed by atoms with Crippen LogP contribution in [0.3, 0.4) is 0 Å². The van der Waals surface area contributed by atoms with Crippen LogP contribution in [0.25, 0.3) is 0 Å². The van der Waals surface area contributed by atoms with Crippen LogP contribution in [0.5, 0.6) is 0 Å². The molecule has 0 unspecified atom stereocenters. The molecule has 4 heteroatoms. The fourth-order valence-electron chi connectivity index (χ4n) is 0.614. The number of carbonyl (C=O) groups excluding carboxylic acids is 1. The molecule has 0 bridgehead atoms. The zero-order valence-corrected chi connectivity index (χ0v) is 9.51. The Kier molecular flexibility index (Phi) is 3.00. The van der Waals surface area contributed by atoms with Gasteiger partial charge in [-0.25, -0.2) is 4.98 Å². The zero-order valence-electron chi connectivity index (χ0n) is 5.77. The van der Waals surface area contributed by atoms with Gasteiger partial charge in [0.2, 0.25) is 0 Å². The Bertz CT molecular complexity index is 300. The summed E-state index contributed by atoms with van der Waals surface area (Å²) in [7, 11) is 0. The van der Waals surface area contributed by atoms with Crippen LogP contribution < -0.4 is 0 Å². The van der Waals surface area contributed by atoms with Gasteiger partial charge in [-0.1, -0.05) is 0 Å². The van der Waals surface area contributed by atoms with E-state index in [0.717, 1.165) is 8.17 Å². The predicted molar refractivity (Wildman–Crippen MR) is 54.7 cm³/mol. The van der Waals surface area contributed by atoms with E-state index in [1.807, 2.05) is 0 Å². The van der Waals surface area contributed by atoms with Crippen molar-refractivity contribution < 1.29 is 4.79 Å². The average molecular weight is 326 g/mol. The number of ketones is 1. The number of aromatic nitrogens is 1. The minimum Gasteiger partial charge on any atom is -0.294 e. The smallest absolute Gasteiger partial charge is 0.161 e. The summed E-state index contributed by atoms with van der Waals surface area (Å²) in [5.74, 6) is 0.0367. The molecule has 0 aliphatic rings. The topological polar surface area (TPSA) is 30.0 Å². The van der Waals surface area contributed by atoms with Crippen LogP contribution in [0.1, 0.15) is 17.3 Å². The molecule has 1 heterocycles. The second kappa shape index (κ2) is 3.62. The van der Waals surface area contributed by atoms with Gasteiger partial charge >= 0.3 is 0 Å². The van der Waals surface area contributed by atoms with Gasteiger partial charge in [0.25, 0.3) is 0 Å². The monoisotopic (exact) mass is 325 g/mol. The Labute approximate surface area is 86.7 Å². The first-order chi connectivity index (χ1) is 5.11. The van der Waals surface area contributed by atoms with Crippen LogP contribution in [-0.2, 0) is 0 Å². The van der Waals surface area contributed by atoms with E-state index in [0.29, 0.717) is 5.56 Å². The molecule has 1 rings (SSSR count). The van der Waals surface area contributed by atoms with E-state index < -0.39 is 0 Å². The lowest BCUT2D eigenvalue weighted by atomic mass is 10.2. The lowest BCUT2D eigenvalue weighted by Crippen LogP contribution is -1.94. The Morgan fingerprint density at radius 2 is 2.36 bits per heavy atom. The molecular formula is C7H5BrINO. The molecule has 0 saturated carbocycles. The van der Waals surface area contributed by atoms with Crippen LogP contribution >= 0.6 is 38.5 Å². The van der Waals surface area contributed by atoms with E-state index in [4.69, 9.17) is 0 Å². The van der Waals surface area contributed by atoms with Crippen molar-refractivity contribution >= 4 is 44.3 Å². The van der Waals surface area contributed by atoms with Gasteiger partial charge < -0.3 is 0 Å². The molecule has 0 N–H and O–H groups in total. The summed E-state index contributed by atoms with van der Waals surface area (Å²) in [5, 5.41) is 0. The van der Waals surface area contributed by atoms with Crippen molar-refractivity contribution in [1.29, 1.82) is 0 Å². The van der Waals surface area contributed by atoms with E-state index in [1.165, 1.54) is 6.92 Å². The molecule has 0 saturated heterocycles. The third-order valence-corrected chi connectivity index (χ3v) is 3.41. The van der Waals surface area contributed by atoms with Crippen LogP contribution in [-0.4, -0.2) is 10.8 Å². The highest BCUT2D eigenvalue weighted by Gasteiger charge is 2.02. The van der Waals surface area contributed by atoms with Gasteiger partial charge in [0.1, 0.15) is 3.70 Å². The van der Waals surface area contributed by atoms with Crippen LogP contribution in [0, 0.1) is 3.70 Å². The first kappa shape index (κ1) is 9.12. The number of Topliss-reactive ketones (excluding diaryl/α,β-unsaturated/α-hetero) is 1. The molecule has 0 atom stereocenters. The fraction of sp³-hybridized carbons (Fsp3) is 0.143. The van der Waals surface area contributed by atoms with Crippen molar-refractivity contribution in [3.05, 3.63) is 26.0 Å². The Hall–Kier alpha value is 0.0300. The minimum atomic E-state index is 0.0367. The molecule has 0 aliphatic heterocycles. The fourth-order valence-corrected chi connectivity index (χ4v) is 1.26. The highest BCUT2D eigenvalue weighted by atomic mass is 127. The second-order valence-corrected chi connectivity index (χ2v) is 3.93. The van der Waals surface area contributed by atoms with E-state index in [-0.39, 0.29) is 5.78 Å². The molecule has 1 aromatic heterocycles. The largest absolute Gasteiger partial charge is 0.294 e. The molecular weight excluding hydrogens is 321 g/mol. The Balaban J connectivity index is 3.15. The highest BCUT2D eigenvalue weighted by molar-refractivity contribution is 14.1. The Morgan fingerprint density at radius 1 is 1.73 bits per heavy atom. The normalized spacial score (nSPS) is 9.73. The number of carbonyl (C=O) groups is 1. The maximum Gasteiger partial charge on any atom is 0.161 e. The van der Waals surface area contributed by atoms with Crippen molar-refractivity contribution in [2.45, 2.75) is 6.92 Å². The minimum absolute atomic E-state index is 0.0367. The maximum atomic E-state index is 10.8. The second-order valence-electron chi connectivity index (χ2n) is 2.05. The predicted octanol–water partition coefficient (Wildman–Crippen LogP) is 2.65. The van der Waals surface area contributed by atoms with Crippen molar-refractivity contribution in [2.75, 3.05) is 0 Å². The molecule has 1 aromatic rings. The average Bonchev–Trinajstić information content (AvgIpc) is 1.94. The van der Waals surface area contributed by atoms with Crippen molar-refractivity contribution in [3.8, 4) is 0 Å². The van der Waals surface area contributed by atoms with Gasteiger partial charge in [0, 0.05) is 11.8 Å². The van der Waals surface area contributed by atoms with Crippen molar-refractivity contribution in [3.63, 3.8) is 0 Å². The van der Waals surface area contributed by atoms with Crippen LogP contribution in [0.2, 0.25) is 0 Å². The molecule has 58 valence electrons. The highest BCUT2D eigenvalue weighted by Crippen LogP contribution is 2.17. The molecule has 0 aromatic carbocycles. The number of nitrogens with zero attached hydrogens (tertiary/aromatic N) is 1. The van der Waals surface area contributed by atoms with Gasteiger partial charge in [0.15, 0.2) is 5.78 Å². The van der Waals surface area contributed by atoms with Gasteiger partial charge in [0.05, 0.1) is 4.47 Å². The molecule has 0 spiro atoms. The van der Waals surface area contributed by atoms with Crippen LogP contribution in [0.15, 0.2) is 16.7 Å². The summed E-state index contributed by atoms with van der Waals surface area (Å²) in [6.07, 6.45) is 1.58. The van der Waals surface area contributed by atoms with Gasteiger partial charge in [-0.05, 0) is 51.5 Å². The SMILES string of the molecule is CC(=O)c1cnc(I)c(Br)c1. The number of hydrogen-bond donors (Lipinski definition) is 0. The lowest BCUT2D eigenvalue weighted by Gasteiger charge is -1.96. The third kappa shape index (κ3) is 2.23. The lowest BCUT2D eigenvalue weighted by molar-refractivity contribution is 0.101. The number of pyridine rings is 1. The first-order valence-electron chi connectivity index (χ1n) is 2.93. The van der Waals surface area contributed by atoms with Crippen molar-refractivity contribution in [1.82, 2.24) is 4.98 Å². The quantitative estimate of drug-likeness (QED) is 0.451. The summed E-state index contributed by atoms with van der Waals surface area (Å²) in [5.41, 5.74) is 0.636. The number of hydrogen-bond acceptors (Lipinski definition) is 2. The standard InChI is InChI=1S/C7H5BrINO/c1-4(11)5-2-6(8)7(9)10-3-5/h2-3H,1H3. The number of rotatable bonds is 1. The van der Waals surface area contributed by atoms with E-state index in [2.05, 4.69) is 43.5 Å². The maximum absolute atomic E-state index is 10.8. The van der Waals surface area contributed by atoms with E-state index in [9.17, 15) is 4.79 Å². The van der Waals surface area contributed by atoms with Gasteiger partial charge in [-0.2, -0.15) is 0 Å². The molecule has 0 radical (unpaired) electrons. The number of halogens is 2. The van der Waals surface area contributed by atoms with Gasteiger partial charge in [-0.15, -0.1) is 0 Å². The van der Waals surface area contributed by atoms with Crippen molar-refractivity contribution in [2.24, 2.45) is 0 Å². The molecule has 11 heavy (non-hydrogen) atoms. The van der Waals surface area contributed by atoms with Crippen LogP contribution in [0.4, 0.5) is 0 Å². The Morgan fingerprint density at radius 3 is 2.82 bits per heavy atom. The first-order valence-corrected chi connectivity index (χ1v) is 4.80. The molecule has 2 nitrogen and oxygen atoms in total. The van der Waals surface area contributed by atoms with Gasteiger partial charge in [-0.3, -0.25) is 4.79 Å². The molecule has 0 amide bonds. The summed E-state index contributed by atoms with van der Waals surface area (Å²) in [6.45, 7) is 1.52. The summed E-state index contributed by atoms with van der Waals surface area (Å²) >= 11 is 5.39. The zero-order chi connectivity index (χ0) is 8.43. The summed E-state index contributed by atoms with van der Waals surface area (Å²) in [6, 6.07) is 1.77. The molecule has 0 fully saturated rings.